The Morgan fingerprint density at radius 2 is 1.85 bits per heavy atom. The van der Waals surface area contributed by atoms with Crippen LogP contribution >= 0.6 is 0 Å². The van der Waals surface area contributed by atoms with Crippen LogP contribution in [0.4, 0.5) is 4.79 Å². The number of rotatable bonds is 3. The molecule has 1 rings (SSSR count). The molecule has 1 N–H and O–H groups in total. The Labute approximate surface area is 121 Å². The van der Waals surface area contributed by atoms with E-state index in [1.807, 2.05) is 27.7 Å². The number of hydrogen-bond acceptors (Lipinski definition) is 3. The summed E-state index contributed by atoms with van der Waals surface area (Å²) in [7, 11) is 0. The first-order valence-corrected chi connectivity index (χ1v) is 7.24. The number of hydroxylamine groups is 1. The summed E-state index contributed by atoms with van der Waals surface area (Å²) in [6, 6.07) is -0.214. The van der Waals surface area contributed by atoms with Crippen molar-refractivity contribution in [1.82, 2.24) is 15.3 Å². The first-order valence-electron chi connectivity index (χ1n) is 7.24. The van der Waals surface area contributed by atoms with Crippen molar-refractivity contribution in [1.29, 1.82) is 0 Å². The van der Waals surface area contributed by atoms with Gasteiger partial charge in [0, 0.05) is 32.1 Å². The summed E-state index contributed by atoms with van der Waals surface area (Å²) in [5.41, 5.74) is 2.30. The Morgan fingerprint density at radius 1 is 1.30 bits per heavy atom. The quantitative estimate of drug-likeness (QED) is 0.804. The fourth-order valence-electron chi connectivity index (χ4n) is 2.40. The molecule has 1 heterocycles. The molecule has 20 heavy (non-hydrogen) atoms. The molecule has 0 bridgehead atoms. The number of urea groups is 1. The molecule has 0 aliphatic carbocycles. The third kappa shape index (κ3) is 4.67. The van der Waals surface area contributed by atoms with E-state index in [9.17, 15) is 9.59 Å². The highest BCUT2D eigenvalue weighted by molar-refractivity contribution is 5.74. The number of amides is 3. The first kappa shape index (κ1) is 16.8. The van der Waals surface area contributed by atoms with Gasteiger partial charge in [0.1, 0.15) is 0 Å². The van der Waals surface area contributed by atoms with Crippen molar-refractivity contribution in [3.63, 3.8) is 0 Å². The second-order valence-electron chi connectivity index (χ2n) is 6.15. The van der Waals surface area contributed by atoms with Crippen LogP contribution in [0.25, 0.3) is 0 Å². The van der Waals surface area contributed by atoms with Crippen molar-refractivity contribution in [3.05, 3.63) is 0 Å². The number of carbonyl (C=O) groups is 2. The van der Waals surface area contributed by atoms with Crippen LogP contribution in [0.15, 0.2) is 0 Å². The lowest BCUT2D eigenvalue weighted by Gasteiger charge is -2.35. The molecule has 0 spiro atoms. The lowest BCUT2D eigenvalue weighted by molar-refractivity contribution is -0.132. The van der Waals surface area contributed by atoms with E-state index in [-0.39, 0.29) is 23.6 Å². The summed E-state index contributed by atoms with van der Waals surface area (Å²) in [4.78, 5) is 32.3. The van der Waals surface area contributed by atoms with Crippen LogP contribution in [0.1, 0.15) is 47.5 Å². The third-order valence-electron chi connectivity index (χ3n) is 3.57. The van der Waals surface area contributed by atoms with Crippen molar-refractivity contribution in [2.24, 2.45) is 0 Å². The minimum Gasteiger partial charge on any atom is -0.343 e. The Hall–Kier alpha value is -1.30. The highest BCUT2D eigenvalue weighted by Crippen LogP contribution is 2.15. The van der Waals surface area contributed by atoms with E-state index in [1.165, 1.54) is 0 Å². The molecule has 6 heteroatoms. The molecule has 0 atom stereocenters. The molecule has 116 valence electrons. The maximum absolute atomic E-state index is 12.1. The van der Waals surface area contributed by atoms with Gasteiger partial charge in [-0.2, -0.15) is 0 Å². The number of nitrogens with one attached hydrogen (secondary N) is 1. The Bertz CT molecular complexity index is 344. The molecule has 6 nitrogen and oxygen atoms in total. The molecule has 0 aromatic rings. The number of hydrogen-bond donors (Lipinski definition) is 1. The maximum atomic E-state index is 12.1. The van der Waals surface area contributed by atoms with Crippen molar-refractivity contribution >= 4 is 11.9 Å². The van der Waals surface area contributed by atoms with Crippen molar-refractivity contribution < 1.29 is 14.4 Å². The van der Waals surface area contributed by atoms with Gasteiger partial charge in [-0.25, -0.2) is 10.3 Å². The predicted octanol–water partition coefficient (Wildman–Crippen LogP) is 1.76. The monoisotopic (exact) mass is 285 g/mol. The van der Waals surface area contributed by atoms with Crippen LogP contribution in [0.2, 0.25) is 0 Å². The molecule has 0 saturated carbocycles. The summed E-state index contributed by atoms with van der Waals surface area (Å²) in [6.07, 6.45) is 1.48. The van der Waals surface area contributed by atoms with Crippen LogP contribution in [0.3, 0.4) is 0 Å². The van der Waals surface area contributed by atoms with Gasteiger partial charge in [-0.1, -0.05) is 0 Å². The van der Waals surface area contributed by atoms with Crippen LogP contribution < -0.4 is 5.48 Å². The minimum absolute atomic E-state index is 0.0202. The topological polar surface area (TPSA) is 61.9 Å². The van der Waals surface area contributed by atoms with Crippen LogP contribution in [0.5, 0.6) is 0 Å². The summed E-state index contributed by atoms with van der Waals surface area (Å²) in [5, 5.41) is 0. The van der Waals surface area contributed by atoms with Gasteiger partial charge in [0.2, 0.25) is 5.91 Å². The smallest absolute Gasteiger partial charge is 0.341 e. The largest absolute Gasteiger partial charge is 0.343 e. The second-order valence-corrected chi connectivity index (χ2v) is 6.15. The molecule has 1 saturated heterocycles. The van der Waals surface area contributed by atoms with Crippen LogP contribution in [-0.2, 0) is 9.63 Å². The average molecular weight is 285 g/mol. The van der Waals surface area contributed by atoms with Crippen LogP contribution in [-0.4, -0.2) is 53.0 Å². The molecule has 0 aromatic heterocycles. The van der Waals surface area contributed by atoms with Crippen molar-refractivity contribution in [3.8, 4) is 0 Å². The fourth-order valence-corrected chi connectivity index (χ4v) is 2.40. The van der Waals surface area contributed by atoms with Gasteiger partial charge >= 0.3 is 6.03 Å². The number of piperidine rings is 1. The SMILES string of the molecule is CCN(C(=O)NOC1CCN(C(C)=O)CC1)C(C)(C)C. The molecule has 0 unspecified atom stereocenters. The zero-order valence-electron chi connectivity index (χ0n) is 13.2. The van der Waals surface area contributed by atoms with E-state index in [0.29, 0.717) is 19.6 Å². The standard InChI is InChI=1S/C14H27N3O3/c1-6-17(14(3,4)5)13(19)15-20-12-7-9-16(10-8-12)11(2)18/h12H,6-10H2,1-5H3,(H,15,19). The van der Waals surface area contributed by atoms with E-state index in [0.717, 1.165) is 12.8 Å². The molecular weight excluding hydrogens is 258 g/mol. The predicted molar refractivity (Wildman–Crippen MR) is 77.0 cm³/mol. The summed E-state index contributed by atoms with van der Waals surface area (Å²) in [5.74, 6) is 0.0948. The molecule has 1 aliphatic rings. The fraction of sp³-hybridized carbons (Fsp3) is 0.857. The zero-order valence-corrected chi connectivity index (χ0v) is 13.2. The highest BCUT2D eigenvalue weighted by Gasteiger charge is 2.27. The first-order chi connectivity index (χ1) is 9.25. The Balaban J connectivity index is 2.37. The zero-order chi connectivity index (χ0) is 15.3. The van der Waals surface area contributed by atoms with E-state index < -0.39 is 0 Å². The van der Waals surface area contributed by atoms with Gasteiger partial charge in [0.05, 0.1) is 6.10 Å². The van der Waals surface area contributed by atoms with Crippen LogP contribution in [0, 0.1) is 0 Å². The minimum atomic E-state index is -0.236. The number of carbonyl (C=O) groups excluding carboxylic acids is 2. The van der Waals surface area contributed by atoms with Crippen molar-refractivity contribution in [2.45, 2.75) is 59.1 Å². The molecule has 0 aromatic carbocycles. The highest BCUT2D eigenvalue weighted by atomic mass is 16.7. The average Bonchev–Trinajstić information content (AvgIpc) is 2.36. The molecule has 1 aliphatic heterocycles. The Kier molecular flexibility index (Phi) is 5.80. The van der Waals surface area contributed by atoms with E-state index >= 15 is 0 Å². The van der Waals surface area contributed by atoms with Gasteiger partial charge in [0.15, 0.2) is 0 Å². The van der Waals surface area contributed by atoms with E-state index in [1.54, 1.807) is 16.7 Å². The molecule has 3 amide bonds. The Morgan fingerprint density at radius 3 is 2.25 bits per heavy atom. The summed E-state index contributed by atoms with van der Waals surface area (Å²) >= 11 is 0. The number of nitrogens with zero attached hydrogens (tertiary/aromatic N) is 2. The van der Waals surface area contributed by atoms with Gasteiger partial charge in [-0.05, 0) is 40.5 Å². The van der Waals surface area contributed by atoms with Gasteiger partial charge in [-0.3, -0.25) is 9.63 Å². The van der Waals surface area contributed by atoms with Crippen molar-refractivity contribution in [2.75, 3.05) is 19.6 Å². The lowest BCUT2D eigenvalue weighted by Crippen LogP contribution is -2.51. The molecular formula is C14H27N3O3. The molecule has 1 fully saturated rings. The summed E-state index contributed by atoms with van der Waals surface area (Å²) in [6.45, 7) is 11.5. The van der Waals surface area contributed by atoms with Gasteiger partial charge in [-0.15, -0.1) is 0 Å². The van der Waals surface area contributed by atoms with E-state index in [2.05, 4.69) is 5.48 Å². The van der Waals surface area contributed by atoms with Gasteiger partial charge < -0.3 is 9.80 Å². The third-order valence-corrected chi connectivity index (χ3v) is 3.57. The number of likely N-dealkylation sites (tertiary alicyclic amines) is 1. The maximum Gasteiger partial charge on any atom is 0.341 e. The lowest BCUT2D eigenvalue weighted by atomic mass is 10.1. The van der Waals surface area contributed by atoms with E-state index in [4.69, 9.17) is 4.84 Å². The summed E-state index contributed by atoms with van der Waals surface area (Å²) < 4.78 is 0. The normalized spacial score (nSPS) is 16.9. The second kappa shape index (κ2) is 6.92. The molecule has 0 radical (unpaired) electrons. The van der Waals surface area contributed by atoms with Gasteiger partial charge in [0.25, 0.3) is 0 Å².